The second kappa shape index (κ2) is 13.2. The fraction of sp³-hybridized carbons (Fsp3) is 0.654. The Morgan fingerprint density at radius 2 is 1.50 bits per heavy atom. The van der Waals surface area contributed by atoms with Crippen LogP contribution >= 0.6 is 34.8 Å². The molecule has 214 valence electrons. The van der Waals surface area contributed by atoms with Crippen LogP contribution in [0, 0.1) is 10.8 Å². The minimum absolute atomic E-state index is 0.102. The van der Waals surface area contributed by atoms with Gasteiger partial charge in [-0.2, -0.15) is 0 Å². The van der Waals surface area contributed by atoms with Gasteiger partial charge < -0.3 is 29.0 Å². The quantitative estimate of drug-likeness (QED) is 0.349. The zero-order chi connectivity index (χ0) is 28.9. The average Bonchev–Trinajstić information content (AvgIpc) is 2.81. The number of halogens is 3. The van der Waals surface area contributed by atoms with Crippen LogP contribution in [0.25, 0.3) is 0 Å². The van der Waals surface area contributed by atoms with Crippen molar-refractivity contribution < 1.29 is 38.1 Å². The molecule has 1 aliphatic heterocycles. The topological polar surface area (TPSA) is 109 Å². The highest BCUT2D eigenvalue weighted by Crippen LogP contribution is 2.32. The maximum Gasteiger partial charge on any atom is 0.311 e. The molecule has 38 heavy (non-hydrogen) atoms. The zero-order valence-corrected chi connectivity index (χ0v) is 24.9. The second-order valence-electron chi connectivity index (χ2n) is 11.0. The molecule has 2 rings (SSSR count). The molecular formula is C26H36Cl3NO8. The molecule has 1 aliphatic rings. The predicted molar refractivity (Wildman–Crippen MR) is 143 cm³/mol. The van der Waals surface area contributed by atoms with E-state index in [2.05, 4.69) is 5.32 Å². The van der Waals surface area contributed by atoms with Gasteiger partial charge in [-0.25, -0.2) is 0 Å². The summed E-state index contributed by atoms with van der Waals surface area (Å²) in [5.41, 5.74) is -0.841. The van der Waals surface area contributed by atoms with Crippen molar-refractivity contribution in [3.05, 3.63) is 35.9 Å². The van der Waals surface area contributed by atoms with Crippen molar-refractivity contribution in [2.45, 2.75) is 82.6 Å². The van der Waals surface area contributed by atoms with Crippen molar-refractivity contribution >= 4 is 52.6 Å². The molecule has 9 nitrogen and oxygen atoms in total. The van der Waals surface area contributed by atoms with Gasteiger partial charge in [0.2, 0.25) is 0 Å². The molecule has 1 fully saturated rings. The van der Waals surface area contributed by atoms with Crippen LogP contribution < -0.4 is 5.32 Å². The van der Waals surface area contributed by atoms with Gasteiger partial charge in [0, 0.05) is 7.11 Å². The smallest absolute Gasteiger partial charge is 0.311 e. The summed E-state index contributed by atoms with van der Waals surface area (Å²) in [7, 11) is 1.34. The maximum atomic E-state index is 13.0. The Bertz CT molecular complexity index is 956. The van der Waals surface area contributed by atoms with Crippen molar-refractivity contribution in [2.24, 2.45) is 10.8 Å². The van der Waals surface area contributed by atoms with Crippen LogP contribution in [0.15, 0.2) is 30.3 Å². The lowest BCUT2D eigenvalue weighted by molar-refractivity contribution is -0.279. The van der Waals surface area contributed by atoms with Gasteiger partial charge in [0.05, 0.1) is 17.4 Å². The van der Waals surface area contributed by atoms with Gasteiger partial charge in [0.1, 0.15) is 24.9 Å². The standard InChI is InChI=1S/C26H36Cl3NO8/c1-24(2,3)22(32)36-14-16-18(35-13-15-11-9-8-10-12-15)19(38-23(33)25(4,5)6)17(20(34-7)37-16)30-21(31)26(27,28)29/h8-12,16-20H,13-14H2,1-7H3,(H,30,31)/t16-,17-,18+,19-,20-/m1/s1. The number of rotatable bonds is 8. The van der Waals surface area contributed by atoms with Gasteiger partial charge >= 0.3 is 11.9 Å². The number of amides is 1. The fourth-order valence-electron chi connectivity index (χ4n) is 3.41. The van der Waals surface area contributed by atoms with E-state index >= 15 is 0 Å². The molecule has 1 heterocycles. The summed E-state index contributed by atoms with van der Waals surface area (Å²) in [5.74, 6) is -2.02. The number of carbonyl (C=O) groups excluding carboxylic acids is 3. The minimum atomic E-state index is -2.31. The van der Waals surface area contributed by atoms with Crippen LogP contribution in [0.3, 0.4) is 0 Å². The van der Waals surface area contributed by atoms with E-state index < -0.39 is 63.1 Å². The SMILES string of the molecule is CO[C@@H]1O[C@H](COC(=O)C(C)(C)C)[C@H](OCc2ccccc2)[C@H](OC(=O)C(C)(C)C)[C@H]1NC(=O)C(Cl)(Cl)Cl. The Balaban J connectivity index is 2.49. The molecule has 1 aromatic carbocycles. The normalized spacial score (nSPS) is 24.4. The van der Waals surface area contributed by atoms with E-state index in [9.17, 15) is 14.4 Å². The van der Waals surface area contributed by atoms with Gasteiger partial charge in [-0.15, -0.1) is 0 Å². The van der Waals surface area contributed by atoms with Crippen molar-refractivity contribution in [3.63, 3.8) is 0 Å². The van der Waals surface area contributed by atoms with Crippen molar-refractivity contribution in [2.75, 3.05) is 13.7 Å². The minimum Gasteiger partial charge on any atom is -0.462 e. The van der Waals surface area contributed by atoms with E-state index in [4.69, 9.17) is 58.5 Å². The molecule has 1 aromatic rings. The van der Waals surface area contributed by atoms with Crippen LogP contribution in [0.5, 0.6) is 0 Å². The largest absolute Gasteiger partial charge is 0.462 e. The first-order valence-electron chi connectivity index (χ1n) is 12.0. The number of hydrogen-bond acceptors (Lipinski definition) is 8. The summed E-state index contributed by atoms with van der Waals surface area (Å²) in [6.07, 6.45) is -4.28. The lowest BCUT2D eigenvalue weighted by Gasteiger charge is -2.46. The first-order chi connectivity index (χ1) is 17.4. The van der Waals surface area contributed by atoms with E-state index in [0.717, 1.165) is 5.56 Å². The molecule has 12 heteroatoms. The molecule has 5 atom stereocenters. The Morgan fingerprint density at radius 3 is 2.00 bits per heavy atom. The molecule has 0 unspecified atom stereocenters. The van der Waals surface area contributed by atoms with Gasteiger partial charge in [-0.3, -0.25) is 14.4 Å². The molecule has 1 amide bonds. The van der Waals surface area contributed by atoms with Crippen molar-refractivity contribution in [3.8, 4) is 0 Å². The number of benzene rings is 1. The first-order valence-corrected chi connectivity index (χ1v) is 13.2. The van der Waals surface area contributed by atoms with Crippen LogP contribution in [-0.4, -0.2) is 66.0 Å². The summed E-state index contributed by atoms with van der Waals surface area (Å²) in [6.45, 7) is 10.1. The number of ether oxygens (including phenoxy) is 5. The summed E-state index contributed by atoms with van der Waals surface area (Å²) < 4.78 is 26.9. The van der Waals surface area contributed by atoms with E-state index in [1.54, 1.807) is 41.5 Å². The molecule has 0 aromatic heterocycles. The third-order valence-electron chi connectivity index (χ3n) is 5.57. The van der Waals surface area contributed by atoms with Crippen molar-refractivity contribution in [1.29, 1.82) is 0 Å². The average molecular weight is 597 g/mol. The molecule has 1 saturated heterocycles. The maximum absolute atomic E-state index is 13.0. The van der Waals surface area contributed by atoms with Crippen LogP contribution in [-0.2, 0) is 44.7 Å². The van der Waals surface area contributed by atoms with Crippen LogP contribution in [0.1, 0.15) is 47.1 Å². The number of alkyl halides is 3. The van der Waals surface area contributed by atoms with Gasteiger partial charge in [0.25, 0.3) is 9.70 Å². The molecule has 0 saturated carbocycles. The van der Waals surface area contributed by atoms with E-state index in [-0.39, 0.29) is 13.2 Å². The second-order valence-corrected chi connectivity index (χ2v) is 13.3. The number of esters is 2. The highest BCUT2D eigenvalue weighted by atomic mass is 35.6. The van der Waals surface area contributed by atoms with Crippen LogP contribution in [0.2, 0.25) is 0 Å². The number of hydrogen-bond donors (Lipinski definition) is 1. The van der Waals surface area contributed by atoms with Crippen molar-refractivity contribution in [1.82, 2.24) is 5.32 Å². The Kier molecular flexibility index (Phi) is 11.3. The molecular weight excluding hydrogens is 561 g/mol. The molecule has 0 aliphatic carbocycles. The Labute approximate surface area is 238 Å². The molecule has 0 radical (unpaired) electrons. The summed E-state index contributed by atoms with van der Waals surface area (Å²) in [4.78, 5) is 38.2. The molecule has 0 spiro atoms. The molecule has 1 N–H and O–H groups in total. The highest BCUT2D eigenvalue weighted by Gasteiger charge is 2.52. The number of methoxy groups -OCH3 is 1. The van der Waals surface area contributed by atoms with E-state index in [1.165, 1.54) is 7.11 Å². The Hall–Kier alpha value is -1.62. The van der Waals surface area contributed by atoms with Gasteiger partial charge in [0.15, 0.2) is 12.4 Å². The summed E-state index contributed by atoms with van der Waals surface area (Å²) >= 11 is 17.4. The lowest BCUT2D eigenvalue weighted by atomic mass is 9.93. The van der Waals surface area contributed by atoms with Gasteiger partial charge in [-0.05, 0) is 47.1 Å². The monoisotopic (exact) mass is 595 g/mol. The lowest BCUT2D eigenvalue weighted by Crippen LogP contribution is -2.67. The predicted octanol–water partition coefficient (Wildman–Crippen LogP) is 4.35. The zero-order valence-electron chi connectivity index (χ0n) is 22.6. The van der Waals surface area contributed by atoms with E-state index in [1.807, 2.05) is 30.3 Å². The summed E-state index contributed by atoms with van der Waals surface area (Å²) in [6, 6.07) is 8.14. The van der Waals surface area contributed by atoms with Gasteiger partial charge in [-0.1, -0.05) is 65.1 Å². The van der Waals surface area contributed by atoms with E-state index in [0.29, 0.717) is 0 Å². The highest BCUT2D eigenvalue weighted by molar-refractivity contribution is 6.76. The summed E-state index contributed by atoms with van der Waals surface area (Å²) in [5, 5.41) is 2.55. The third kappa shape index (κ3) is 9.24. The first kappa shape index (κ1) is 32.6. The van der Waals surface area contributed by atoms with Crippen LogP contribution in [0.4, 0.5) is 0 Å². The number of nitrogens with one attached hydrogen (secondary N) is 1. The molecule has 0 bridgehead atoms. The third-order valence-corrected chi connectivity index (χ3v) is 6.08. The number of carbonyl (C=O) groups is 3. The fourth-order valence-corrected chi connectivity index (χ4v) is 3.57. The Morgan fingerprint density at radius 1 is 0.921 bits per heavy atom.